The summed E-state index contributed by atoms with van der Waals surface area (Å²) in [5.41, 5.74) is 4.02. The normalized spacial score (nSPS) is 13.5. The Kier molecular flexibility index (Phi) is 2.50. The first-order chi connectivity index (χ1) is 10.1. The zero-order valence-electron chi connectivity index (χ0n) is 10.9. The van der Waals surface area contributed by atoms with E-state index in [4.69, 9.17) is 11.6 Å². The number of hydrogen-bond acceptors (Lipinski definition) is 2. The quantitative estimate of drug-likeness (QED) is 0.644. The van der Waals surface area contributed by atoms with Crippen LogP contribution in [0.3, 0.4) is 0 Å². The van der Waals surface area contributed by atoms with E-state index >= 15 is 0 Å². The summed E-state index contributed by atoms with van der Waals surface area (Å²) in [5.74, 6) is 0.108. The van der Waals surface area contributed by atoms with Crippen LogP contribution in [0.2, 0.25) is 5.02 Å². The summed E-state index contributed by atoms with van der Waals surface area (Å²) >= 11 is 6.16. The van der Waals surface area contributed by atoms with Gasteiger partial charge >= 0.3 is 0 Å². The first kappa shape index (κ1) is 12.3. The number of aromatic amines is 1. The molecule has 1 aliphatic rings. The van der Waals surface area contributed by atoms with Crippen molar-refractivity contribution in [3.05, 3.63) is 52.5 Å². The minimum atomic E-state index is -0.107. The molecule has 0 saturated heterocycles. The third-order valence-electron chi connectivity index (χ3n) is 3.80. The van der Waals surface area contributed by atoms with Gasteiger partial charge in [0.25, 0.3) is 5.91 Å². The number of amides is 1. The highest BCUT2D eigenvalue weighted by Gasteiger charge is 2.26. The van der Waals surface area contributed by atoms with E-state index < -0.39 is 0 Å². The lowest BCUT2D eigenvalue weighted by molar-refractivity contribution is 0.0966. The summed E-state index contributed by atoms with van der Waals surface area (Å²) < 4.78 is 0. The van der Waals surface area contributed by atoms with E-state index in [9.17, 15) is 9.90 Å². The Morgan fingerprint density at radius 1 is 1.14 bits per heavy atom. The number of benzene rings is 2. The van der Waals surface area contributed by atoms with Gasteiger partial charge in [-0.05, 0) is 30.3 Å². The van der Waals surface area contributed by atoms with Crippen LogP contribution in [0.15, 0.2) is 36.4 Å². The third-order valence-corrected chi connectivity index (χ3v) is 4.16. The number of carbonyl (C=O) groups excluding carboxylic acids is 1. The van der Waals surface area contributed by atoms with Gasteiger partial charge in [-0.25, -0.2) is 0 Å². The lowest BCUT2D eigenvalue weighted by atomic mass is 10.0. The number of hydrogen-bond donors (Lipinski definition) is 3. The molecule has 0 unspecified atom stereocenters. The predicted octanol–water partition coefficient (Wildman–Crippen LogP) is 3.44. The summed E-state index contributed by atoms with van der Waals surface area (Å²) in [6, 6.07) is 10.7. The highest BCUT2D eigenvalue weighted by Crippen LogP contribution is 2.35. The van der Waals surface area contributed by atoms with Crippen LogP contribution in [0.1, 0.15) is 15.9 Å². The number of halogens is 1. The molecule has 4 rings (SSSR count). The number of aromatic hydroxyl groups is 1. The second-order valence-electron chi connectivity index (χ2n) is 5.09. The van der Waals surface area contributed by atoms with Gasteiger partial charge in [-0.1, -0.05) is 17.7 Å². The lowest BCUT2D eigenvalue weighted by Gasteiger charge is -2.06. The minimum Gasteiger partial charge on any atom is -0.508 e. The van der Waals surface area contributed by atoms with Crippen molar-refractivity contribution < 1.29 is 9.90 Å². The molecule has 2 aromatic carbocycles. The van der Waals surface area contributed by atoms with Crippen molar-refractivity contribution in [2.24, 2.45) is 0 Å². The van der Waals surface area contributed by atoms with E-state index in [0.717, 1.165) is 27.7 Å². The van der Waals surface area contributed by atoms with Crippen LogP contribution in [0.5, 0.6) is 5.75 Å². The highest BCUT2D eigenvalue weighted by atomic mass is 35.5. The molecule has 5 heteroatoms. The molecule has 0 radical (unpaired) electrons. The van der Waals surface area contributed by atoms with Crippen molar-refractivity contribution in [2.75, 3.05) is 0 Å². The fourth-order valence-electron chi connectivity index (χ4n) is 2.80. The summed E-state index contributed by atoms with van der Waals surface area (Å²) in [5, 5.41) is 13.8. The maximum atomic E-state index is 12.1. The topological polar surface area (TPSA) is 65.1 Å². The molecular weight excluding hydrogens is 288 g/mol. The van der Waals surface area contributed by atoms with Gasteiger partial charge in [-0.15, -0.1) is 0 Å². The Labute approximate surface area is 125 Å². The number of aromatic nitrogens is 1. The maximum absolute atomic E-state index is 12.1. The van der Waals surface area contributed by atoms with Crippen molar-refractivity contribution in [1.29, 1.82) is 0 Å². The van der Waals surface area contributed by atoms with Gasteiger partial charge in [0, 0.05) is 39.3 Å². The molecule has 1 aromatic heterocycles. The minimum absolute atomic E-state index is 0.107. The first-order valence-electron chi connectivity index (χ1n) is 6.55. The molecule has 21 heavy (non-hydrogen) atoms. The molecule has 0 bridgehead atoms. The molecule has 0 aliphatic carbocycles. The van der Waals surface area contributed by atoms with Crippen LogP contribution in [0.25, 0.3) is 22.2 Å². The summed E-state index contributed by atoms with van der Waals surface area (Å²) in [6.45, 7) is 0.460. The van der Waals surface area contributed by atoms with E-state index in [-0.39, 0.29) is 11.7 Å². The van der Waals surface area contributed by atoms with E-state index in [1.165, 1.54) is 0 Å². The fourth-order valence-corrected chi connectivity index (χ4v) is 3.03. The Hall–Kier alpha value is -2.46. The maximum Gasteiger partial charge on any atom is 0.252 e. The molecule has 1 aliphatic heterocycles. The molecule has 104 valence electrons. The molecule has 4 nitrogen and oxygen atoms in total. The number of phenols is 1. The van der Waals surface area contributed by atoms with E-state index in [2.05, 4.69) is 10.3 Å². The molecule has 0 saturated carbocycles. The van der Waals surface area contributed by atoms with Crippen molar-refractivity contribution in [2.45, 2.75) is 6.54 Å². The number of fused-ring (bicyclic) bond motifs is 2. The van der Waals surface area contributed by atoms with E-state index in [0.29, 0.717) is 17.1 Å². The fraction of sp³-hybridized carbons (Fsp3) is 0.0625. The van der Waals surface area contributed by atoms with Crippen LogP contribution in [0, 0.1) is 0 Å². The van der Waals surface area contributed by atoms with Gasteiger partial charge in [0.1, 0.15) is 5.75 Å². The zero-order chi connectivity index (χ0) is 14.6. The molecule has 0 fully saturated rings. The van der Waals surface area contributed by atoms with Crippen molar-refractivity contribution in [3.63, 3.8) is 0 Å². The first-order valence-corrected chi connectivity index (χ1v) is 6.93. The molecule has 3 N–H and O–H groups in total. The third kappa shape index (κ3) is 1.80. The Morgan fingerprint density at radius 2 is 2.00 bits per heavy atom. The van der Waals surface area contributed by atoms with Gasteiger partial charge in [-0.2, -0.15) is 0 Å². The largest absolute Gasteiger partial charge is 0.508 e. The summed E-state index contributed by atoms with van der Waals surface area (Å²) in [7, 11) is 0. The van der Waals surface area contributed by atoms with Crippen molar-refractivity contribution >= 4 is 28.4 Å². The van der Waals surface area contributed by atoms with Gasteiger partial charge < -0.3 is 15.4 Å². The van der Waals surface area contributed by atoms with Crippen LogP contribution < -0.4 is 5.32 Å². The van der Waals surface area contributed by atoms with Gasteiger partial charge in [0.05, 0.1) is 5.56 Å². The average molecular weight is 299 g/mol. The van der Waals surface area contributed by atoms with E-state index in [1.54, 1.807) is 18.2 Å². The second-order valence-corrected chi connectivity index (χ2v) is 5.49. The Balaban J connectivity index is 1.97. The molecule has 0 atom stereocenters. The van der Waals surface area contributed by atoms with Crippen LogP contribution in [0.4, 0.5) is 0 Å². The molecule has 3 aromatic rings. The molecule has 2 heterocycles. The van der Waals surface area contributed by atoms with Crippen molar-refractivity contribution in [1.82, 2.24) is 10.3 Å². The average Bonchev–Trinajstić information content (AvgIpc) is 3.04. The molecule has 1 amide bonds. The van der Waals surface area contributed by atoms with Crippen LogP contribution in [-0.4, -0.2) is 16.0 Å². The Morgan fingerprint density at radius 3 is 2.86 bits per heavy atom. The zero-order valence-corrected chi connectivity index (χ0v) is 11.7. The van der Waals surface area contributed by atoms with Crippen molar-refractivity contribution in [3.8, 4) is 17.0 Å². The summed E-state index contributed by atoms with van der Waals surface area (Å²) in [4.78, 5) is 15.3. The monoisotopic (exact) mass is 298 g/mol. The SMILES string of the molecule is O=C1NCc2c(Cl)ccc(-c3cc4cc(O)ccc4[nH]3)c21. The lowest BCUT2D eigenvalue weighted by Crippen LogP contribution is -2.13. The smallest absolute Gasteiger partial charge is 0.252 e. The number of rotatable bonds is 1. The van der Waals surface area contributed by atoms with Gasteiger partial charge in [0.15, 0.2) is 0 Å². The van der Waals surface area contributed by atoms with E-state index in [1.807, 2.05) is 18.2 Å². The van der Waals surface area contributed by atoms with Crippen LogP contribution in [-0.2, 0) is 6.54 Å². The summed E-state index contributed by atoms with van der Waals surface area (Å²) in [6.07, 6.45) is 0. The highest BCUT2D eigenvalue weighted by molar-refractivity contribution is 6.32. The van der Waals surface area contributed by atoms with Crippen LogP contribution >= 0.6 is 11.6 Å². The van der Waals surface area contributed by atoms with Gasteiger partial charge in [-0.3, -0.25) is 4.79 Å². The number of H-pyrrole nitrogens is 1. The number of carbonyl (C=O) groups is 1. The molecular formula is C16H11ClN2O2. The predicted molar refractivity (Wildman–Crippen MR) is 81.6 cm³/mol. The standard InChI is InChI=1S/C16H11ClN2O2/c17-12-3-2-10(15-11(12)7-18-16(15)21)14-6-8-5-9(20)1-4-13(8)19-14/h1-6,19-20H,7H2,(H,18,21). The Bertz CT molecular complexity index is 899. The second kappa shape index (κ2) is 4.27. The molecule has 0 spiro atoms. The number of nitrogens with one attached hydrogen (secondary N) is 2. The number of phenolic OH excluding ortho intramolecular Hbond substituents is 1. The van der Waals surface area contributed by atoms with Gasteiger partial charge in [0.2, 0.25) is 0 Å².